The van der Waals surface area contributed by atoms with Gasteiger partial charge in [-0.25, -0.2) is 13.2 Å². The van der Waals surface area contributed by atoms with Gasteiger partial charge in [-0.2, -0.15) is 0 Å². The summed E-state index contributed by atoms with van der Waals surface area (Å²) in [5, 5.41) is 2.54. The summed E-state index contributed by atoms with van der Waals surface area (Å²) in [5.74, 6) is -3.10. The van der Waals surface area contributed by atoms with E-state index in [-0.39, 0.29) is 23.9 Å². The Morgan fingerprint density at radius 2 is 1.75 bits per heavy atom. The van der Waals surface area contributed by atoms with Gasteiger partial charge in [0, 0.05) is 48.7 Å². The van der Waals surface area contributed by atoms with Crippen LogP contribution in [-0.2, 0) is 24.2 Å². The van der Waals surface area contributed by atoms with Crippen LogP contribution in [0.3, 0.4) is 0 Å². The summed E-state index contributed by atoms with van der Waals surface area (Å²) < 4.78 is 43.3. The Balaban J connectivity index is 1.41. The van der Waals surface area contributed by atoms with Crippen LogP contribution in [0.5, 0.6) is 0 Å². The molecule has 0 radical (unpaired) electrons. The van der Waals surface area contributed by atoms with Gasteiger partial charge in [-0.3, -0.25) is 14.6 Å². The quantitative estimate of drug-likeness (QED) is 0.408. The summed E-state index contributed by atoms with van der Waals surface area (Å²) in [6, 6.07) is 10.0. The maximum absolute atomic E-state index is 15.2. The average molecular weight is 509 g/mol. The molecule has 0 fully saturated rings. The van der Waals surface area contributed by atoms with E-state index in [4.69, 9.17) is 11.6 Å². The number of hydrogen-bond donors (Lipinski definition) is 1. The highest BCUT2D eigenvalue weighted by atomic mass is 35.5. The Bertz CT molecular complexity index is 1510. The van der Waals surface area contributed by atoms with E-state index >= 15 is 4.39 Å². The summed E-state index contributed by atoms with van der Waals surface area (Å²) >= 11 is 5.69. The molecule has 2 aliphatic rings. The molecule has 2 aliphatic heterocycles. The van der Waals surface area contributed by atoms with E-state index in [1.807, 2.05) is 6.92 Å². The summed E-state index contributed by atoms with van der Waals surface area (Å²) in [4.78, 5) is 29.5. The third kappa shape index (κ3) is 4.35. The van der Waals surface area contributed by atoms with E-state index in [2.05, 4.69) is 10.3 Å². The van der Waals surface area contributed by atoms with Gasteiger partial charge in [-0.05, 0) is 47.4 Å². The second kappa shape index (κ2) is 9.39. The van der Waals surface area contributed by atoms with Gasteiger partial charge in [0.15, 0.2) is 0 Å². The van der Waals surface area contributed by atoms with Gasteiger partial charge in [0.1, 0.15) is 23.2 Å². The van der Waals surface area contributed by atoms with Crippen molar-refractivity contribution in [3.05, 3.63) is 105 Å². The number of fused-ring (bicyclic) bond motifs is 1. The minimum absolute atomic E-state index is 0.203. The van der Waals surface area contributed by atoms with Crippen LogP contribution in [0.2, 0.25) is 5.02 Å². The number of allylic oxidation sites excluding steroid dienone is 1. The highest BCUT2D eigenvalue weighted by Crippen LogP contribution is 2.35. The fourth-order valence-corrected chi connectivity index (χ4v) is 4.83. The Kier molecular flexibility index (Phi) is 6.26. The molecule has 1 amide bonds. The Hall–Kier alpha value is -3.71. The van der Waals surface area contributed by atoms with E-state index in [1.165, 1.54) is 6.07 Å². The number of amides is 1. The maximum atomic E-state index is 15.2. The third-order valence-electron chi connectivity index (χ3n) is 6.40. The predicted octanol–water partition coefficient (Wildman–Crippen LogP) is 6.12. The van der Waals surface area contributed by atoms with Crippen LogP contribution in [0.15, 0.2) is 59.2 Å². The summed E-state index contributed by atoms with van der Waals surface area (Å²) in [5.41, 5.74) is 4.66. The minimum atomic E-state index is -0.971. The van der Waals surface area contributed by atoms with Crippen molar-refractivity contribution in [2.24, 2.45) is 4.99 Å². The van der Waals surface area contributed by atoms with E-state index in [9.17, 15) is 18.4 Å². The summed E-state index contributed by atoms with van der Waals surface area (Å²) in [6.07, 6.45) is 1.73. The highest BCUT2D eigenvalue weighted by Gasteiger charge is 2.29. The zero-order chi connectivity index (χ0) is 25.6. The second-order valence-electron chi connectivity index (χ2n) is 8.95. The monoisotopic (exact) mass is 508 g/mol. The number of nitrogens with one attached hydrogen (secondary N) is 1. The lowest BCUT2D eigenvalue weighted by Gasteiger charge is -2.13. The van der Waals surface area contributed by atoms with E-state index in [1.54, 1.807) is 30.5 Å². The minimum Gasteiger partial charge on any atom is -0.348 e. The fourth-order valence-electron chi connectivity index (χ4n) is 4.65. The SMILES string of the molecule is CC1=CN=C(c2ccc(-c3ccc(CC(=O)Cc4c(F)ccc(Cl)c4F)cc3F)c3c2C(=O)NC3)C1. The number of aliphatic imine (C=N–C) groups is 1. The largest absolute Gasteiger partial charge is 0.348 e. The number of hydrogen-bond acceptors (Lipinski definition) is 3. The van der Waals surface area contributed by atoms with Crippen LogP contribution in [0.1, 0.15) is 46.0 Å². The number of benzene rings is 3. The molecule has 5 rings (SSSR count). The lowest BCUT2D eigenvalue weighted by molar-refractivity contribution is -0.117. The smallest absolute Gasteiger partial charge is 0.252 e. The molecule has 2 heterocycles. The molecule has 0 saturated carbocycles. The van der Waals surface area contributed by atoms with Crippen molar-refractivity contribution in [2.75, 3.05) is 0 Å². The van der Waals surface area contributed by atoms with Crippen molar-refractivity contribution in [3.63, 3.8) is 0 Å². The van der Waals surface area contributed by atoms with E-state index < -0.39 is 35.2 Å². The molecule has 0 bridgehead atoms. The molecule has 0 aliphatic carbocycles. The normalized spacial score (nSPS) is 14.4. The van der Waals surface area contributed by atoms with Crippen molar-refractivity contribution in [1.82, 2.24) is 5.32 Å². The molecular weight excluding hydrogens is 489 g/mol. The van der Waals surface area contributed by atoms with Crippen molar-refractivity contribution in [1.29, 1.82) is 0 Å². The first-order valence-corrected chi connectivity index (χ1v) is 11.7. The zero-order valence-electron chi connectivity index (χ0n) is 19.2. The summed E-state index contributed by atoms with van der Waals surface area (Å²) in [6.45, 7) is 2.24. The first kappa shape index (κ1) is 24.0. The Morgan fingerprint density at radius 1 is 1.00 bits per heavy atom. The van der Waals surface area contributed by atoms with Crippen LogP contribution < -0.4 is 5.32 Å². The average Bonchev–Trinajstić information content (AvgIpc) is 3.45. The number of nitrogens with zero attached hydrogens (tertiary/aromatic N) is 1. The number of rotatable bonds is 6. The fraction of sp³-hybridized carbons (Fsp3) is 0.179. The molecule has 0 saturated heterocycles. The van der Waals surface area contributed by atoms with E-state index in [0.29, 0.717) is 34.2 Å². The molecule has 36 heavy (non-hydrogen) atoms. The van der Waals surface area contributed by atoms with Crippen LogP contribution in [0.4, 0.5) is 13.2 Å². The molecule has 8 heteroatoms. The number of carbonyl (C=O) groups excluding carboxylic acids is 2. The van der Waals surface area contributed by atoms with Gasteiger partial charge < -0.3 is 5.32 Å². The van der Waals surface area contributed by atoms with Gasteiger partial charge in [-0.15, -0.1) is 0 Å². The molecule has 182 valence electrons. The second-order valence-corrected chi connectivity index (χ2v) is 9.36. The first-order chi connectivity index (χ1) is 17.2. The first-order valence-electron chi connectivity index (χ1n) is 11.3. The number of halogens is 4. The van der Waals surface area contributed by atoms with Crippen LogP contribution >= 0.6 is 11.6 Å². The molecule has 3 aromatic rings. The van der Waals surface area contributed by atoms with Gasteiger partial charge in [0.25, 0.3) is 5.91 Å². The van der Waals surface area contributed by atoms with Crippen molar-refractivity contribution >= 4 is 29.0 Å². The van der Waals surface area contributed by atoms with Gasteiger partial charge in [0.2, 0.25) is 0 Å². The number of Topliss-reactive ketones (excluding diaryl/α,β-unsaturated/α-hetero) is 1. The molecular formula is C28H20ClF3N2O2. The molecule has 0 spiro atoms. The molecule has 3 aromatic carbocycles. The van der Waals surface area contributed by atoms with E-state index in [0.717, 1.165) is 29.0 Å². The summed E-state index contributed by atoms with van der Waals surface area (Å²) in [7, 11) is 0. The molecule has 4 nitrogen and oxygen atoms in total. The standard InChI is InChI=1S/C28H20ClF3N2O2/c1-14-8-25(33-12-14)19-5-4-17(21-13-34-28(36)26(19)21)18-3-2-15(10-24(18)31)9-16(35)11-20-23(30)7-6-22(29)27(20)32/h2-7,10,12H,8-9,11,13H2,1H3,(H,34,36). The predicted molar refractivity (Wildman–Crippen MR) is 132 cm³/mol. The topological polar surface area (TPSA) is 58.5 Å². The van der Waals surface area contributed by atoms with Gasteiger partial charge in [-0.1, -0.05) is 35.9 Å². The molecule has 1 N–H and O–H groups in total. The lowest BCUT2D eigenvalue weighted by Crippen LogP contribution is -2.15. The lowest BCUT2D eigenvalue weighted by atomic mass is 9.90. The van der Waals surface area contributed by atoms with Gasteiger partial charge in [0.05, 0.1) is 16.3 Å². The van der Waals surface area contributed by atoms with Crippen LogP contribution in [0, 0.1) is 17.5 Å². The zero-order valence-corrected chi connectivity index (χ0v) is 20.0. The van der Waals surface area contributed by atoms with Crippen LogP contribution in [-0.4, -0.2) is 17.4 Å². The Labute approximate surface area is 210 Å². The Morgan fingerprint density at radius 3 is 2.47 bits per heavy atom. The highest BCUT2D eigenvalue weighted by molar-refractivity contribution is 6.30. The van der Waals surface area contributed by atoms with Crippen molar-refractivity contribution in [3.8, 4) is 11.1 Å². The number of ketones is 1. The van der Waals surface area contributed by atoms with Crippen LogP contribution in [0.25, 0.3) is 11.1 Å². The van der Waals surface area contributed by atoms with Crippen molar-refractivity contribution in [2.45, 2.75) is 32.7 Å². The van der Waals surface area contributed by atoms with Crippen molar-refractivity contribution < 1.29 is 22.8 Å². The molecule has 0 unspecified atom stereocenters. The molecule has 0 atom stereocenters. The van der Waals surface area contributed by atoms with Gasteiger partial charge >= 0.3 is 0 Å². The third-order valence-corrected chi connectivity index (χ3v) is 6.69. The number of carbonyl (C=O) groups is 2. The molecule has 0 aromatic heterocycles. The maximum Gasteiger partial charge on any atom is 0.252 e.